The summed E-state index contributed by atoms with van der Waals surface area (Å²) in [6.45, 7) is 0. The molecule has 3 aromatic rings. The Bertz CT molecular complexity index is 752. The first-order valence-electron chi connectivity index (χ1n) is 5.68. The summed E-state index contributed by atoms with van der Waals surface area (Å²) in [5, 5.41) is 0.467. The number of hydrogen-bond donors (Lipinski definition) is 0. The quantitative estimate of drug-likeness (QED) is 0.634. The van der Waals surface area contributed by atoms with Crippen LogP contribution in [-0.4, -0.2) is 9.55 Å². The lowest BCUT2D eigenvalue weighted by molar-refractivity contribution is 0.618. The summed E-state index contributed by atoms with van der Waals surface area (Å²) in [6.07, 6.45) is 0. The molecule has 2 aromatic carbocycles. The number of para-hydroxylation sites is 2. The van der Waals surface area contributed by atoms with E-state index < -0.39 is 0 Å². The molecule has 0 saturated carbocycles. The first-order chi connectivity index (χ1) is 9.20. The van der Waals surface area contributed by atoms with Gasteiger partial charge in [-0.25, -0.2) is 9.37 Å². The first-order valence-corrected chi connectivity index (χ1v) is 6.59. The second-order valence-corrected chi connectivity index (χ2v) is 4.79. The van der Waals surface area contributed by atoms with Gasteiger partial charge < -0.3 is 0 Å². The molecule has 0 radical (unpaired) electrons. The Balaban J connectivity index is 2.37. The van der Waals surface area contributed by atoms with Crippen LogP contribution in [-0.2, 0) is 5.88 Å². The summed E-state index contributed by atoms with van der Waals surface area (Å²) in [4.78, 5) is 4.40. The number of hydrogen-bond acceptors (Lipinski definition) is 1. The molecule has 0 aliphatic carbocycles. The van der Waals surface area contributed by atoms with Gasteiger partial charge in [-0.1, -0.05) is 23.7 Å². The van der Waals surface area contributed by atoms with Crippen molar-refractivity contribution in [3.05, 3.63) is 59.1 Å². The van der Waals surface area contributed by atoms with Crippen molar-refractivity contribution in [2.45, 2.75) is 5.88 Å². The lowest BCUT2D eigenvalue weighted by atomic mass is 10.2. The van der Waals surface area contributed by atoms with Gasteiger partial charge in [-0.2, -0.15) is 0 Å². The summed E-state index contributed by atoms with van der Waals surface area (Å²) < 4.78 is 15.7. The van der Waals surface area contributed by atoms with Crippen LogP contribution < -0.4 is 0 Å². The smallest absolute Gasteiger partial charge is 0.147 e. The molecule has 0 saturated heterocycles. The third-order valence-electron chi connectivity index (χ3n) is 2.90. The Morgan fingerprint density at radius 2 is 1.95 bits per heavy atom. The van der Waals surface area contributed by atoms with Gasteiger partial charge in [0.05, 0.1) is 22.6 Å². The van der Waals surface area contributed by atoms with Crippen LogP contribution in [0.25, 0.3) is 16.7 Å². The third-order valence-corrected chi connectivity index (χ3v) is 3.37. The highest BCUT2D eigenvalue weighted by Crippen LogP contribution is 2.26. The Labute approximate surface area is 119 Å². The minimum absolute atomic E-state index is 0.195. The molecular formula is C14H9Cl2FN2. The molecule has 3 rings (SSSR count). The molecule has 0 spiro atoms. The highest BCUT2D eigenvalue weighted by Gasteiger charge is 2.14. The van der Waals surface area contributed by atoms with Crippen molar-refractivity contribution >= 4 is 34.2 Å². The molecule has 1 aromatic heterocycles. The topological polar surface area (TPSA) is 17.8 Å². The second kappa shape index (κ2) is 4.83. The number of benzene rings is 2. The van der Waals surface area contributed by atoms with Crippen LogP contribution in [0.2, 0.25) is 5.02 Å². The van der Waals surface area contributed by atoms with Crippen LogP contribution in [0.5, 0.6) is 0 Å². The third kappa shape index (κ3) is 2.09. The van der Waals surface area contributed by atoms with Gasteiger partial charge in [-0.05, 0) is 30.3 Å². The lowest BCUT2D eigenvalue weighted by Crippen LogP contribution is -2.02. The molecule has 5 heteroatoms. The molecule has 1 heterocycles. The molecule has 0 aliphatic heterocycles. The second-order valence-electron chi connectivity index (χ2n) is 4.08. The number of rotatable bonds is 2. The van der Waals surface area contributed by atoms with Crippen LogP contribution in [0.1, 0.15) is 5.82 Å². The van der Waals surface area contributed by atoms with E-state index in [4.69, 9.17) is 23.2 Å². The van der Waals surface area contributed by atoms with Crippen molar-refractivity contribution in [2.75, 3.05) is 0 Å². The van der Waals surface area contributed by atoms with E-state index >= 15 is 0 Å². The number of imidazole rings is 1. The van der Waals surface area contributed by atoms with Gasteiger partial charge in [0.1, 0.15) is 11.6 Å². The van der Waals surface area contributed by atoms with E-state index in [1.165, 1.54) is 12.1 Å². The Morgan fingerprint density at radius 3 is 2.74 bits per heavy atom. The zero-order chi connectivity index (χ0) is 13.4. The van der Waals surface area contributed by atoms with Crippen molar-refractivity contribution in [2.24, 2.45) is 0 Å². The first kappa shape index (κ1) is 12.5. The van der Waals surface area contributed by atoms with E-state index in [1.807, 2.05) is 24.3 Å². The maximum absolute atomic E-state index is 14.0. The zero-order valence-electron chi connectivity index (χ0n) is 9.78. The monoisotopic (exact) mass is 294 g/mol. The Morgan fingerprint density at radius 1 is 1.16 bits per heavy atom. The van der Waals surface area contributed by atoms with Gasteiger partial charge in [0.2, 0.25) is 0 Å². The summed E-state index contributed by atoms with van der Waals surface area (Å²) in [5.41, 5.74) is 1.94. The van der Waals surface area contributed by atoms with Gasteiger partial charge in [-0.15, -0.1) is 11.6 Å². The molecule has 0 bridgehead atoms. The number of nitrogens with zero attached hydrogens (tertiary/aromatic N) is 2. The van der Waals surface area contributed by atoms with Gasteiger partial charge in [-0.3, -0.25) is 4.57 Å². The van der Waals surface area contributed by atoms with Gasteiger partial charge in [0.25, 0.3) is 0 Å². The highest BCUT2D eigenvalue weighted by molar-refractivity contribution is 6.30. The van der Waals surface area contributed by atoms with Crippen molar-refractivity contribution in [1.82, 2.24) is 9.55 Å². The van der Waals surface area contributed by atoms with Crippen molar-refractivity contribution in [1.29, 1.82) is 0 Å². The summed E-state index contributed by atoms with van der Waals surface area (Å²) in [7, 11) is 0. The molecule has 0 amide bonds. The van der Waals surface area contributed by atoms with Crippen molar-refractivity contribution < 1.29 is 4.39 Å². The summed E-state index contributed by atoms with van der Waals surface area (Å²) in [6, 6.07) is 11.9. The predicted molar refractivity (Wildman–Crippen MR) is 75.6 cm³/mol. The molecule has 0 unspecified atom stereocenters. The van der Waals surface area contributed by atoms with Crippen molar-refractivity contribution in [3.8, 4) is 5.69 Å². The molecule has 0 atom stereocenters. The Hall–Kier alpha value is -1.58. The minimum Gasteiger partial charge on any atom is -0.292 e. The van der Waals surface area contributed by atoms with Crippen LogP contribution in [0.3, 0.4) is 0 Å². The molecule has 0 aliphatic rings. The van der Waals surface area contributed by atoms with Gasteiger partial charge in [0.15, 0.2) is 0 Å². The van der Waals surface area contributed by atoms with E-state index in [1.54, 1.807) is 10.6 Å². The van der Waals surface area contributed by atoms with Crippen LogP contribution in [0.4, 0.5) is 4.39 Å². The van der Waals surface area contributed by atoms with Crippen molar-refractivity contribution in [3.63, 3.8) is 0 Å². The molecular weight excluding hydrogens is 286 g/mol. The fraction of sp³-hybridized carbons (Fsp3) is 0.0714. The SMILES string of the molecule is Fc1ccc(Cl)cc1-n1c(CCl)nc2ccccc21. The standard InChI is InChI=1S/C14H9Cl2FN2/c15-8-14-18-11-3-1-2-4-12(11)19(14)13-7-9(16)5-6-10(13)17/h1-7H,8H2. The van der Waals surface area contributed by atoms with Crippen LogP contribution >= 0.6 is 23.2 Å². The molecule has 19 heavy (non-hydrogen) atoms. The summed E-state index contributed by atoms with van der Waals surface area (Å²) >= 11 is 11.9. The molecule has 2 nitrogen and oxygen atoms in total. The van der Waals surface area contributed by atoms with E-state index in [-0.39, 0.29) is 11.7 Å². The maximum atomic E-state index is 14.0. The number of halogens is 3. The largest absolute Gasteiger partial charge is 0.292 e. The number of fused-ring (bicyclic) bond motifs is 1. The fourth-order valence-electron chi connectivity index (χ4n) is 2.09. The summed E-state index contributed by atoms with van der Waals surface area (Å²) in [5.74, 6) is 0.420. The van der Waals surface area contributed by atoms with Crippen LogP contribution in [0, 0.1) is 5.82 Å². The maximum Gasteiger partial charge on any atom is 0.147 e. The van der Waals surface area contributed by atoms with Gasteiger partial charge in [0, 0.05) is 5.02 Å². The lowest BCUT2D eigenvalue weighted by Gasteiger charge is -2.09. The molecule has 0 N–H and O–H groups in total. The average Bonchev–Trinajstić information content (AvgIpc) is 2.80. The van der Waals surface area contributed by atoms with Crippen LogP contribution in [0.15, 0.2) is 42.5 Å². The van der Waals surface area contributed by atoms with E-state index in [9.17, 15) is 4.39 Å². The molecule has 96 valence electrons. The zero-order valence-corrected chi connectivity index (χ0v) is 11.3. The average molecular weight is 295 g/mol. The van der Waals surface area contributed by atoms with E-state index in [2.05, 4.69) is 4.98 Å². The van der Waals surface area contributed by atoms with Gasteiger partial charge >= 0.3 is 0 Å². The minimum atomic E-state index is -0.362. The highest BCUT2D eigenvalue weighted by atomic mass is 35.5. The number of alkyl halides is 1. The van der Waals surface area contributed by atoms with E-state index in [0.717, 1.165) is 11.0 Å². The normalized spacial score (nSPS) is 11.1. The molecule has 0 fully saturated rings. The predicted octanol–water partition coefficient (Wildman–Crippen LogP) is 4.56. The van der Waals surface area contributed by atoms with E-state index in [0.29, 0.717) is 16.5 Å². The fourth-order valence-corrected chi connectivity index (χ4v) is 2.44. The number of aromatic nitrogens is 2. The Kier molecular flexibility index (Phi) is 3.17.